The van der Waals surface area contributed by atoms with Crippen LogP contribution in [0.15, 0.2) is 73.1 Å². The van der Waals surface area contributed by atoms with Crippen molar-refractivity contribution in [1.29, 1.82) is 0 Å². The lowest BCUT2D eigenvalue weighted by molar-refractivity contribution is 0.0951. The van der Waals surface area contributed by atoms with Crippen molar-refractivity contribution in [1.82, 2.24) is 15.6 Å². The smallest absolute Gasteiger partial charge is 0.319 e. The average molecular weight is 395 g/mol. The second-order valence-electron chi connectivity index (χ2n) is 6.05. The zero-order valence-electron chi connectivity index (χ0n) is 15.0. The summed E-state index contributed by atoms with van der Waals surface area (Å²) in [6, 6.07) is 17.3. The van der Waals surface area contributed by atoms with Gasteiger partial charge in [-0.3, -0.25) is 9.78 Å². The van der Waals surface area contributed by atoms with Crippen molar-refractivity contribution in [3.05, 3.63) is 94.8 Å². The molecular weight excluding hydrogens is 376 g/mol. The Hall–Kier alpha value is -3.38. The molecule has 0 atom stereocenters. The van der Waals surface area contributed by atoms with Crippen LogP contribution in [0.5, 0.6) is 0 Å². The van der Waals surface area contributed by atoms with Gasteiger partial charge >= 0.3 is 6.03 Å². The highest BCUT2D eigenvalue weighted by molar-refractivity contribution is 6.30. The van der Waals surface area contributed by atoms with E-state index in [1.165, 1.54) is 0 Å². The number of benzene rings is 2. The summed E-state index contributed by atoms with van der Waals surface area (Å²) in [5, 5.41) is 8.96. The SMILES string of the molecule is O=C(NCc1ccncc1)Nc1ccc(C(=O)NCc2cccc(Cl)c2)cc1. The van der Waals surface area contributed by atoms with Crippen molar-refractivity contribution in [2.45, 2.75) is 13.1 Å². The van der Waals surface area contributed by atoms with Crippen LogP contribution in [0.4, 0.5) is 10.5 Å². The number of pyridine rings is 1. The van der Waals surface area contributed by atoms with Crippen LogP contribution in [0.3, 0.4) is 0 Å². The van der Waals surface area contributed by atoms with Gasteiger partial charge in [0.05, 0.1) is 0 Å². The summed E-state index contributed by atoms with van der Waals surface area (Å²) in [5.74, 6) is -0.200. The maximum absolute atomic E-state index is 12.2. The predicted molar refractivity (Wildman–Crippen MR) is 109 cm³/mol. The predicted octanol–water partition coefficient (Wildman–Crippen LogP) is 3.99. The van der Waals surface area contributed by atoms with E-state index in [-0.39, 0.29) is 11.9 Å². The zero-order valence-corrected chi connectivity index (χ0v) is 15.7. The Morgan fingerprint density at radius 3 is 2.29 bits per heavy atom. The topological polar surface area (TPSA) is 83.1 Å². The third-order valence-corrected chi connectivity index (χ3v) is 4.18. The Kier molecular flexibility index (Phi) is 6.59. The molecule has 3 aromatic rings. The number of hydrogen-bond acceptors (Lipinski definition) is 3. The summed E-state index contributed by atoms with van der Waals surface area (Å²) in [6.07, 6.45) is 3.34. The van der Waals surface area contributed by atoms with Crippen molar-refractivity contribution >= 4 is 29.2 Å². The molecule has 6 nitrogen and oxygen atoms in total. The number of anilines is 1. The van der Waals surface area contributed by atoms with Crippen molar-refractivity contribution in [2.75, 3.05) is 5.32 Å². The minimum absolute atomic E-state index is 0.200. The molecule has 0 saturated carbocycles. The van der Waals surface area contributed by atoms with E-state index in [0.717, 1.165) is 11.1 Å². The zero-order chi connectivity index (χ0) is 19.8. The molecule has 7 heteroatoms. The summed E-state index contributed by atoms with van der Waals surface area (Å²) in [4.78, 5) is 28.1. The monoisotopic (exact) mass is 394 g/mol. The second-order valence-corrected chi connectivity index (χ2v) is 6.49. The first kappa shape index (κ1) is 19.4. The largest absolute Gasteiger partial charge is 0.348 e. The number of halogens is 1. The molecule has 0 saturated heterocycles. The molecule has 1 aromatic heterocycles. The number of nitrogens with zero attached hydrogens (tertiary/aromatic N) is 1. The van der Waals surface area contributed by atoms with Crippen LogP contribution in [0.1, 0.15) is 21.5 Å². The van der Waals surface area contributed by atoms with E-state index in [2.05, 4.69) is 20.9 Å². The molecule has 0 spiro atoms. The van der Waals surface area contributed by atoms with Gasteiger partial charge in [0.15, 0.2) is 0 Å². The molecule has 3 amide bonds. The Balaban J connectivity index is 1.48. The van der Waals surface area contributed by atoms with Crippen molar-refractivity contribution in [2.24, 2.45) is 0 Å². The van der Waals surface area contributed by atoms with Gasteiger partial charge in [-0.25, -0.2) is 4.79 Å². The number of carbonyl (C=O) groups is 2. The Morgan fingerprint density at radius 1 is 0.857 bits per heavy atom. The van der Waals surface area contributed by atoms with Gasteiger partial charge in [0.1, 0.15) is 0 Å². The molecule has 1 heterocycles. The van der Waals surface area contributed by atoms with E-state index in [1.54, 1.807) is 48.8 Å². The fourth-order valence-electron chi connectivity index (χ4n) is 2.49. The normalized spacial score (nSPS) is 10.2. The average Bonchev–Trinajstić information content (AvgIpc) is 2.72. The van der Waals surface area contributed by atoms with E-state index < -0.39 is 0 Å². The minimum Gasteiger partial charge on any atom is -0.348 e. The summed E-state index contributed by atoms with van der Waals surface area (Å²) >= 11 is 5.94. The first-order valence-electron chi connectivity index (χ1n) is 8.66. The van der Waals surface area contributed by atoms with Crippen LogP contribution >= 0.6 is 11.6 Å². The summed E-state index contributed by atoms with van der Waals surface area (Å²) < 4.78 is 0. The number of carbonyl (C=O) groups excluding carboxylic acids is 2. The molecule has 0 aliphatic carbocycles. The highest BCUT2D eigenvalue weighted by atomic mass is 35.5. The number of nitrogens with one attached hydrogen (secondary N) is 3. The van der Waals surface area contributed by atoms with Crippen molar-refractivity contribution < 1.29 is 9.59 Å². The molecule has 2 aromatic carbocycles. The number of aromatic nitrogens is 1. The molecule has 0 aliphatic rings. The second kappa shape index (κ2) is 9.53. The van der Waals surface area contributed by atoms with Gasteiger partial charge in [0.25, 0.3) is 5.91 Å². The van der Waals surface area contributed by atoms with Crippen molar-refractivity contribution in [3.8, 4) is 0 Å². The number of rotatable bonds is 6. The maximum Gasteiger partial charge on any atom is 0.319 e. The van der Waals surface area contributed by atoms with Gasteiger partial charge in [0.2, 0.25) is 0 Å². The fourth-order valence-corrected chi connectivity index (χ4v) is 2.71. The highest BCUT2D eigenvalue weighted by Crippen LogP contribution is 2.12. The van der Waals surface area contributed by atoms with E-state index >= 15 is 0 Å². The van der Waals surface area contributed by atoms with Crippen LogP contribution in [-0.2, 0) is 13.1 Å². The third-order valence-electron chi connectivity index (χ3n) is 3.95. The molecule has 3 N–H and O–H groups in total. The first-order valence-corrected chi connectivity index (χ1v) is 9.04. The van der Waals surface area contributed by atoms with Gasteiger partial charge in [-0.2, -0.15) is 0 Å². The quantitative estimate of drug-likeness (QED) is 0.591. The fraction of sp³-hybridized carbons (Fsp3) is 0.0952. The van der Waals surface area contributed by atoms with Gasteiger partial charge in [-0.1, -0.05) is 23.7 Å². The molecule has 0 bridgehead atoms. The lowest BCUT2D eigenvalue weighted by Gasteiger charge is -2.09. The van der Waals surface area contributed by atoms with E-state index in [1.807, 2.05) is 24.3 Å². The molecule has 142 valence electrons. The van der Waals surface area contributed by atoms with Gasteiger partial charge < -0.3 is 16.0 Å². The minimum atomic E-state index is -0.324. The number of amides is 3. The number of hydrogen-bond donors (Lipinski definition) is 3. The van der Waals surface area contributed by atoms with Gasteiger partial charge in [-0.05, 0) is 59.7 Å². The van der Waals surface area contributed by atoms with Crippen LogP contribution in [0.2, 0.25) is 5.02 Å². The Morgan fingerprint density at radius 2 is 1.57 bits per heavy atom. The molecule has 0 radical (unpaired) electrons. The van der Waals surface area contributed by atoms with Gasteiger partial charge in [-0.15, -0.1) is 0 Å². The third kappa shape index (κ3) is 5.82. The molecule has 28 heavy (non-hydrogen) atoms. The first-order chi connectivity index (χ1) is 13.6. The van der Waals surface area contributed by atoms with Crippen LogP contribution in [0.25, 0.3) is 0 Å². The summed E-state index contributed by atoms with van der Waals surface area (Å²) in [7, 11) is 0. The van der Waals surface area contributed by atoms with Crippen LogP contribution in [-0.4, -0.2) is 16.9 Å². The van der Waals surface area contributed by atoms with Crippen LogP contribution < -0.4 is 16.0 Å². The molecule has 0 fully saturated rings. The summed E-state index contributed by atoms with van der Waals surface area (Å²) in [5.41, 5.74) is 2.98. The van der Waals surface area contributed by atoms with Gasteiger partial charge in [0, 0.05) is 41.8 Å². The van der Waals surface area contributed by atoms with E-state index in [9.17, 15) is 9.59 Å². The molecule has 0 unspecified atom stereocenters. The maximum atomic E-state index is 12.2. The molecule has 3 rings (SSSR count). The van der Waals surface area contributed by atoms with E-state index in [4.69, 9.17) is 11.6 Å². The lowest BCUT2D eigenvalue weighted by atomic mass is 10.1. The molecule has 0 aliphatic heterocycles. The number of urea groups is 1. The van der Waals surface area contributed by atoms with Crippen LogP contribution in [0, 0.1) is 0 Å². The Bertz CT molecular complexity index is 946. The summed E-state index contributed by atoms with van der Waals surface area (Å²) in [6.45, 7) is 0.787. The lowest BCUT2D eigenvalue weighted by Crippen LogP contribution is -2.28. The molecular formula is C21H19ClN4O2. The standard InChI is InChI=1S/C21H19ClN4O2/c22-18-3-1-2-16(12-18)14-24-20(27)17-4-6-19(7-5-17)26-21(28)25-13-15-8-10-23-11-9-15/h1-12H,13-14H2,(H,24,27)(H2,25,26,28). The highest BCUT2D eigenvalue weighted by Gasteiger charge is 2.07. The van der Waals surface area contributed by atoms with E-state index in [0.29, 0.717) is 29.4 Å². The van der Waals surface area contributed by atoms with Crippen molar-refractivity contribution in [3.63, 3.8) is 0 Å². The Labute approximate surface area is 168 Å².